The molecule has 1 fully saturated rings. The molecule has 0 saturated carbocycles. The smallest absolute Gasteiger partial charge is 0.243 e. The molecule has 25 heavy (non-hydrogen) atoms. The number of rotatable bonds is 4. The molecule has 0 aromatic heterocycles. The molecule has 134 valence electrons. The molecular weight excluding hydrogens is 334 g/mol. The molecule has 1 saturated heterocycles. The SMILES string of the molecule is C/C=C(/C)c1c(S(=O)(=O)N2CCC(OC)CC2)ccc2ccccc12. The number of piperidine rings is 1. The minimum absolute atomic E-state index is 0.153. The van der Waals surface area contributed by atoms with Gasteiger partial charge in [0.15, 0.2) is 0 Å². The first-order chi connectivity index (χ1) is 12.0. The Bertz CT molecular complexity index is 894. The molecule has 1 aliphatic heterocycles. The summed E-state index contributed by atoms with van der Waals surface area (Å²) in [6.45, 7) is 4.92. The highest BCUT2D eigenvalue weighted by Gasteiger charge is 2.31. The lowest BCUT2D eigenvalue weighted by molar-refractivity contribution is 0.0604. The van der Waals surface area contributed by atoms with Gasteiger partial charge in [0.05, 0.1) is 11.0 Å². The summed E-state index contributed by atoms with van der Waals surface area (Å²) >= 11 is 0. The van der Waals surface area contributed by atoms with E-state index in [1.165, 1.54) is 0 Å². The highest BCUT2D eigenvalue weighted by atomic mass is 32.2. The monoisotopic (exact) mass is 359 g/mol. The summed E-state index contributed by atoms with van der Waals surface area (Å²) in [5.74, 6) is 0. The summed E-state index contributed by atoms with van der Waals surface area (Å²) in [5, 5.41) is 2.03. The number of hydrogen-bond donors (Lipinski definition) is 0. The second-order valence-corrected chi connectivity index (χ2v) is 8.38. The maximum Gasteiger partial charge on any atom is 0.243 e. The van der Waals surface area contributed by atoms with E-state index in [9.17, 15) is 8.42 Å². The van der Waals surface area contributed by atoms with Gasteiger partial charge in [-0.3, -0.25) is 0 Å². The Morgan fingerprint density at radius 3 is 2.48 bits per heavy atom. The van der Waals surface area contributed by atoms with Crippen LogP contribution in [0.4, 0.5) is 0 Å². The normalized spacial score (nSPS) is 18.0. The number of methoxy groups -OCH3 is 1. The van der Waals surface area contributed by atoms with E-state index < -0.39 is 10.0 Å². The summed E-state index contributed by atoms with van der Waals surface area (Å²) in [6.07, 6.45) is 3.60. The Balaban J connectivity index is 2.11. The maximum atomic E-state index is 13.3. The van der Waals surface area contributed by atoms with Crippen molar-refractivity contribution >= 4 is 26.4 Å². The van der Waals surface area contributed by atoms with Crippen LogP contribution in [-0.2, 0) is 14.8 Å². The van der Waals surface area contributed by atoms with E-state index in [-0.39, 0.29) is 6.10 Å². The summed E-state index contributed by atoms with van der Waals surface area (Å²) in [6, 6.07) is 11.6. The topological polar surface area (TPSA) is 46.6 Å². The molecule has 0 aliphatic carbocycles. The van der Waals surface area contributed by atoms with Gasteiger partial charge in [0, 0.05) is 25.8 Å². The molecular formula is C20H25NO3S. The van der Waals surface area contributed by atoms with Crippen LogP contribution in [0, 0.1) is 0 Å². The van der Waals surface area contributed by atoms with Crippen molar-refractivity contribution in [3.63, 3.8) is 0 Å². The third-order valence-corrected chi connectivity index (χ3v) is 7.01. The van der Waals surface area contributed by atoms with Crippen LogP contribution in [0.3, 0.4) is 0 Å². The fraction of sp³-hybridized carbons (Fsp3) is 0.400. The lowest BCUT2D eigenvalue weighted by atomic mass is 9.99. The summed E-state index contributed by atoms with van der Waals surface area (Å²) in [5.41, 5.74) is 1.79. The van der Waals surface area contributed by atoms with Gasteiger partial charge in [-0.1, -0.05) is 36.4 Å². The molecule has 0 radical (unpaired) electrons. The van der Waals surface area contributed by atoms with Crippen LogP contribution < -0.4 is 0 Å². The van der Waals surface area contributed by atoms with E-state index in [4.69, 9.17) is 4.74 Å². The maximum absolute atomic E-state index is 13.3. The third kappa shape index (κ3) is 3.36. The van der Waals surface area contributed by atoms with Gasteiger partial charge in [-0.05, 0) is 49.1 Å². The van der Waals surface area contributed by atoms with Crippen molar-refractivity contribution in [1.82, 2.24) is 4.31 Å². The number of sulfonamides is 1. The zero-order valence-electron chi connectivity index (χ0n) is 15.0. The Labute approximate surface area is 150 Å². The van der Waals surface area contributed by atoms with Crippen LogP contribution >= 0.6 is 0 Å². The number of hydrogen-bond acceptors (Lipinski definition) is 3. The minimum Gasteiger partial charge on any atom is -0.381 e. The van der Waals surface area contributed by atoms with Crippen molar-refractivity contribution in [1.29, 1.82) is 0 Å². The van der Waals surface area contributed by atoms with Crippen molar-refractivity contribution in [2.45, 2.75) is 37.7 Å². The largest absolute Gasteiger partial charge is 0.381 e. The molecule has 5 heteroatoms. The van der Waals surface area contributed by atoms with Crippen LogP contribution in [0.15, 0.2) is 47.4 Å². The molecule has 4 nitrogen and oxygen atoms in total. The molecule has 0 amide bonds. The number of benzene rings is 2. The Hall–Kier alpha value is -1.69. The molecule has 2 aromatic carbocycles. The highest BCUT2D eigenvalue weighted by Crippen LogP contribution is 2.34. The van der Waals surface area contributed by atoms with Crippen LogP contribution in [0.2, 0.25) is 0 Å². The van der Waals surface area contributed by atoms with Crippen molar-refractivity contribution in [2.75, 3.05) is 20.2 Å². The first-order valence-electron chi connectivity index (χ1n) is 8.67. The van der Waals surface area contributed by atoms with E-state index in [2.05, 4.69) is 0 Å². The third-order valence-electron chi connectivity index (χ3n) is 5.07. The van der Waals surface area contributed by atoms with Crippen LogP contribution in [-0.4, -0.2) is 39.0 Å². The van der Waals surface area contributed by atoms with Gasteiger partial charge in [-0.2, -0.15) is 4.31 Å². The zero-order valence-corrected chi connectivity index (χ0v) is 15.8. The van der Waals surface area contributed by atoms with E-state index >= 15 is 0 Å². The lowest BCUT2D eigenvalue weighted by Gasteiger charge is -2.31. The standard InChI is InChI=1S/C20H25NO3S/c1-4-15(2)20-18-8-6-5-7-16(18)9-10-19(20)25(22,23)21-13-11-17(24-3)12-14-21/h4-10,17H,11-14H2,1-3H3/b15-4-. The Kier molecular flexibility index (Phi) is 5.27. The van der Waals surface area contributed by atoms with Gasteiger partial charge in [-0.25, -0.2) is 8.42 Å². The summed E-state index contributed by atoms with van der Waals surface area (Å²) < 4.78 is 33.6. The Morgan fingerprint density at radius 1 is 1.16 bits per heavy atom. The molecule has 3 rings (SSSR count). The first-order valence-corrected chi connectivity index (χ1v) is 10.1. The van der Waals surface area contributed by atoms with Gasteiger partial charge in [0.2, 0.25) is 10.0 Å². The predicted octanol–water partition coefficient (Wildman–Crippen LogP) is 4.06. The zero-order chi connectivity index (χ0) is 18.0. The summed E-state index contributed by atoms with van der Waals surface area (Å²) in [7, 11) is -1.85. The average Bonchev–Trinajstić information content (AvgIpc) is 2.66. The molecule has 1 aliphatic rings. The Morgan fingerprint density at radius 2 is 1.84 bits per heavy atom. The lowest BCUT2D eigenvalue weighted by Crippen LogP contribution is -2.40. The van der Waals surface area contributed by atoms with E-state index in [0.29, 0.717) is 18.0 Å². The number of allylic oxidation sites excluding steroid dienone is 2. The minimum atomic E-state index is -3.53. The van der Waals surface area contributed by atoms with Gasteiger partial charge >= 0.3 is 0 Å². The van der Waals surface area contributed by atoms with Crippen LogP contribution in [0.1, 0.15) is 32.3 Å². The number of ether oxygens (including phenoxy) is 1. The van der Waals surface area contributed by atoms with Crippen LogP contribution in [0.25, 0.3) is 16.3 Å². The predicted molar refractivity (Wildman–Crippen MR) is 102 cm³/mol. The molecule has 0 atom stereocenters. The van der Waals surface area contributed by atoms with Crippen molar-refractivity contribution < 1.29 is 13.2 Å². The quantitative estimate of drug-likeness (QED) is 0.827. The summed E-state index contributed by atoms with van der Waals surface area (Å²) in [4.78, 5) is 0.401. The molecule has 1 heterocycles. The fourth-order valence-corrected chi connectivity index (χ4v) is 5.20. The molecule has 0 bridgehead atoms. The van der Waals surface area contributed by atoms with E-state index in [1.807, 2.05) is 50.3 Å². The van der Waals surface area contributed by atoms with Crippen molar-refractivity contribution in [2.24, 2.45) is 0 Å². The number of fused-ring (bicyclic) bond motifs is 1. The second kappa shape index (κ2) is 7.28. The highest BCUT2D eigenvalue weighted by molar-refractivity contribution is 7.89. The number of nitrogens with zero attached hydrogens (tertiary/aromatic N) is 1. The fourth-order valence-electron chi connectivity index (χ4n) is 3.46. The van der Waals surface area contributed by atoms with Gasteiger partial charge < -0.3 is 4.74 Å². The van der Waals surface area contributed by atoms with Gasteiger partial charge in [0.1, 0.15) is 0 Å². The van der Waals surface area contributed by atoms with E-state index in [0.717, 1.165) is 34.8 Å². The van der Waals surface area contributed by atoms with Crippen LogP contribution in [0.5, 0.6) is 0 Å². The molecule has 2 aromatic rings. The molecule has 0 unspecified atom stereocenters. The second-order valence-electron chi connectivity index (χ2n) is 6.47. The van der Waals surface area contributed by atoms with E-state index in [1.54, 1.807) is 17.5 Å². The van der Waals surface area contributed by atoms with Gasteiger partial charge in [0.25, 0.3) is 0 Å². The van der Waals surface area contributed by atoms with Crippen molar-refractivity contribution in [3.8, 4) is 0 Å². The molecule has 0 N–H and O–H groups in total. The van der Waals surface area contributed by atoms with Gasteiger partial charge in [-0.15, -0.1) is 0 Å². The average molecular weight is 359 g/mol. The first kappa shape index (κ1) is 18.1. The van der Waals surface area contributed by atoms with Crippen molar-refractivity contribution in [3.05, 3.63) is 48.0 Å². The molecule has 0 spiro atoms.